The first-order valence-corrected chi connectivity index (χ1v) is 7.53. The van der Waals surface area contributed by atoms with Crippen molar-refractivity contribution >= 4 is 5.97 Å². The summed E-state index contributed by atoms with van der Waals surface area (Å²) < 4.78 is 24.0. The van der Waals surface area contributed by atoms with E-state index in [0.717, 1.165) is 44.6 Å². The Morgan fingerprint density at radius 1 is 1.19 bits per heavy atom. The minimum atomic E-state index is -0.247. The topological polar surface area (TPSA) is 38.8 Å². The van der Waals surface area contributed by atoms with Crippen molar-refractivity contribution in [3.05, 3.63) is 30.1 Å². The minimum Gasteiger partial charge on any atom is -0.490 e. The Morgan fingerprint density at radius 3 is 2.52 bits per heavy atom. The molecular formula is C16H20FNO3. The van der Waals surface area contributed by atoms with E-state index in [9.17, 15) is 9.18 Å². The number of halogens is 1. The number of hydrogen-bond acceptors (Lipinski definition) is 4. The van der Waals surface area contributed by atoms with E-state index in [2.05, 4.69) is 4.90 Å². The first-order chi connectivity index (χ1) is 10.2. The van der Waals surface area contributed by atoms with Gasteiger partial charge in [0.15, 0.2) is 0 Å². The van der Waals surface area contributed by atoms with Gasteiger partial charge in [-0.3, -0.25) is 9.69 Å². The summed E-state index contributed by atoms with van der Waals surface area (Å²) in [6.07, 6.45) is 3.51. The Hall–Kier alpha value is -1.62. The van der Waals surface area contributed by atoms with Crippen LogP contribution >= 0.6 is 0 Å². The molecule has 21 heavy (non-hydrogen) atoms. The summed E-state index contributed by atoms with van der Waals surface area (Å²) in [4.78, 5) is 13.4. The summed E-state index contributed by atoms with van der Waals surface area (Å²) in [6.45, 7) is 2.72. The van der Waals surface area contributed by atoms with Crippen molar-refractivity contribution in [3.63, 3.8) is 0 Å². The van der Waals surface area contributed by atoms with Crippen LogP contribution < -0.4 is 4.74 Å². The molecule has 4 nitrogen and oxygen atoms in total. The summed E-state index contributed by atoms with van der Waals surface area (Å²) in [5.41, 5.74) is 0. The fourth-order valence-electron chi connectivity index (χ4n) is 2.91. The molecule has 3 rings (SSSR count). The number of nitrogens with zero attached hydrogens (tertiary/aromatic N) is 1. The van der Waals surface area contributed by atoms with Gasteiger partial charge in [-0.05, 0) is 43.5 Å². The molecule has 0 bridgehead atoms. The van der Waals surface area contributed by atoms with Gasteiger partial charge in [0, 0.05) is 26.1 Å². The molecule has 1 aromatic rings. The van der Waals surface area contributed by atoms with E-state index in [1.54, 1.807) is 12.1 Å². The fraction of sp³-hybridized carbons (Fsp3) is 0.562. The Bertz CT molecular complexity index is 483. The summed E-state index contributed by atoms with van der Waals surface area (Å²) in [7, 11) is 0. The van der Waals surface area contributed by atoms with Crippen LogP contribution in [0.25, 0.3) is 0 Å². The van der Waals surface area contributed by atoms with Crippen LogP contribution in [0.1, 0.15) is 25.7 Å². The maximum atomic E-state index is 12.8. The van der Waals surface area contributed by atoms with E-state index >= 15 is 0 Å². The zero-order valence-corrected chi connectivity index (χ0v) is 12.0. The molecule has 0 aliphatic carbocycles. The van der Waals surface area contributed by atoms with Crippen LogP contribution in [0.5, 0.6) is 5.75 Å². The van der Waals surface area contributed by atoms with E-state index < -0.39 is 0 Å². The van der Waals surface area contributed by atoms with Gasteiger partial charge in [-0.15, -0.1) is 0 Å². The molecule has 0 amide bonds. The molecule has 0 spiro atoms. The van der Waals surface area contributed by atoms with E-state index in [4.69, 9.17) is 9.47 Å². The van der Waals surface area contributed by atoms with Crippen molar-refractivity contribution in [1.29, 1.82) is 0 Å². The van der Waals surface area contributed by atoms with Gasteiger partial charge in [0.05, 0.1) is 0 Å². The Labute approximate surface area is 123 Å². The van der Waals surface area contributed by atoms with Gasteiger partial charge < -0.3 is 9.47 Å². The maximum Gasteiger partial charge on any atom is 0.306 e. The highest BCUT2D eigenvalue weighted by Gasteiger charge is 2.28. The second-order valence-corrected chi connectivity index (χ2v) is 5.72. The van der Waals surface area contributed by atoms with Crippen molar-refractivity contribution in [3.8, 4) is 5.75 Å². The zero-order chi connectivity index (χ0) is 14.7. The lowest BCUT2D eigenvalue weighted by molar-refractivity contribution is -0.142. The first kappa shape index (κ1) is 14.3. The summed E-state index contributed by atoms with van der Waals surface area (Å²) >= 11 is 0. The third-order valence-electron chi connectivity index (χ3n) is 4.08. The SMILES string of the molecule is O=C1CCC(CN2CCC(Oc3ccc(F)cc3)CC2)O1. The minimum absolute atomic E-state index is 0.0621. The molecule has 0 N–H and O–H groups in total. The van der Waals surface area contributed by atoms with E-state index in [1.807, 2.05) is 0 Å². The number of carbonyl (C=O) groups excluding carboxylic acids is 1. The van der Waals surface area contributed by atoms with E-state index in [0.29, 0.717) is 6.42 Å². The molecule has 0 saturated carbocycles. The molecule has 0 radical (unpaired) electrons. The third-order valence-corrected chi connectivity index (χ3v) is 4.08. The number of hydrogen-bond donors (Lipinski definition) is 0. The third kappa shape index (κ3) is 3.94. The fourth-order valence-corrected chi connectivity index (χ4v) is 2.91. The number of cyclic esters (lactones) is 1. The maximum absolute atomic E-state index is 12.8. The van der Waals surface area contributed by atoms with Gasteiger partial charge in [0.25, 0.3) is 0 Å². The Kier molecular flexibility index (Phi) is 4.39. The molecule has 5 heteroatoms. The van der Waals surface area contributed by atoms with Crippen LogP contribution in [0.4, 0.5) is 4.39 Å². The van der Waals surface area contributed by atoms with Crippen LogP contribution in [0.3, 0.4) is 0 Å². The lowest BCUT2D eigenvalue weighted by Crippen LogP contribution is -2.41. The number of likely N-dealkylation sites (tertiary alicyclic amines) is 1. The van der Waals surface area contributed by atoms with Gasteiger partial charge in [0.2, 0.25) is 0 Å². The summed E-state index contributed by atoms with van der Waals surface area (Å²) in [5, 5.41) is 0. The number of ether oxygens (including phenoxy) is 2. The first-order valence-electron chi connectivity index (χ1n) is 7.53. The van der Waals surface area contributed by atoms with Gasteiger partial charge >= 0.3 is 5.97 Å². The molecule has 2 aliphatic heterocycles. The van der Waals surface area contributed by atoms with Gasteiger partial charge in [-0.25, -0.2) is 4.39 Å². The lowest BCUT2D eigenvalue weighted by Gasteiger charge is -2.33. The molecule has 2 saturated heterocycles. The van der Waals surface area contributed by atoms with Crippen molar-refractivity contribution < 1.29 is 18.7 Å². The number of rotatable bonds is 4. The highest BCUT2D eigenvalue weighted by molar-refractivity contribution is 5.71. The molecule has 2 heterocycles. The van der Waals surface area contributed by atoms with Crippen LogP contribution in [0.2, 0.25) is 0 Å². The number of esters is 1. The number of piperidine rings is 1. The molecule has 1 atom stereocenters. The molecule has 1 aromatic carbocycles. The van der Waals surface area contributed by atoms with Crippen molar-refractivity contribution in [1.82, 2.24) is 4.90 Å². The Balaban J connectivity index is 1.42. The Morgan fingerprint density at radius 2 is 1.90 bits per heavy atom. The zero-order valence-electron chi connectivity index (χ0n) is 12.0. The van der Waals surface area contributed by atoms with Crippen LogP contribution in [-0.4, -0.2) is 42.7 Å². The molecule has 2 aliphatic rings. The van der Waals surface area contributed by atoms with Gasteiger partial charge in [-0.1, -0.05) is 0 Å². The second kappa shape index (κ2) is 6.43. The molecule has 0 aromatic heterocycles. The summed E-state index contributed by atoms with van der Waals surface area (Å²) in [6, 6.07) is 6.16. The molecule has 1 unspecified atom stereocenters. The largest absolute Gasteiger partial charge is 0.490 e. The van der Waals surface area contributed by atoms with Crippen LogP contribution in [-0.2, 0) is 9.53 Å². The highest BCUT2D eigenvalue weighted by atomic mass is 19.1. The van der Waals surface area contributed by atoms with Crippen molar-refractivity contribution in [2.24, 2.45) is 0 Å². The van der Waals surface area contributed by atoms with Crippen LogP contribution in [0, 0.1) is 5.82 Å². The van der Waals surface area contributed by atoms with Crippen molar-refractivity contribution in [2.75, 3.05) is 19.6 Å². The van der Waals surface area contributed by atoms with Gasteiger partial charge in [-0.2, -0.15) is 0 Å². The van der Waals surface area contributed by atoms with E-state index in [-0.39, 0.29) is 24.0 Å². The van der Waals surface area contributed by atoms with E-state index in [1.165, 1.54) is 12.1 Å². The molecular weight excluding hydrogens is 273 g/mol. The predicted octanol–water partition coefficient (Wildman–Crippen LogP) is 2.37. The monoisotopic (exact) mass is 293 g/mol. The smallest absolute Gasteiger partial charge is 0.306 e. The predicted molar refractivity (Wildman–Crippen MR) is 75.6 cm³/mol. The average molecular weight is 293 g/mol. The lowest BCUT2D eigenvalue weighted by atomic mass is 10.1. The number of carbonyl (C=O) groups is 1. The van der Waals surface area contributed by atoms with Crippen molar-refractivity contribution in [2.45, 2.75) is 37.9 Å². The second-order valence-electron chi connectivity index (χ2n) is 5.72. The van der Waals surface area contributed by atoms with Gasteiger partial charge in [0.1, 0.15) is 23.8 Å². The average Bonchev–Trinajstić information content (AvgIpc) is 2.89. The van der Waals surface area contributed by atoms with Crippen LogP contribution in [0.15, 0.2) is 24.3 Å². The molecule has 114 valence electrons. The quantitative estimate of drug-likeness (QED) is 0.799. The molecule has 2 fully saturated rings. The highest BCUT2D eigenvalue weighted by Crippen LogP contribution is 2.21. The normalized spacial score (nSPS) is 24.0. The summed E-state index contributed by atoms with van der Waals surface area (Å²) in [5.74, 6) is 0.400. The number of benzene rings is 1. The standard InChI is InChI=1S/C16H20FNO3/c17-12-1-3-13(4-2-12)20-14-7-9-18(10-8-14)11-15-5-6-16(19)21-15/h1-4,14-15H,5-11H2.